The summed E-state index contributed by atoms with van der Waals surface area (Å²) in [5.74, 6) is -1.07. The smallest absolute Gasteiger partial charge is 0.310 e. The van der Waals surface area contributed by atoms with Crippen LogP contribution in [0.3, 0.4) is 0 Å². The molecule has 0 heterocycles. The average Bonchev–Trinajstić information content (AvgIpc) is 2.19. The van der Waals surface area contributed by atoms with Gasteiger partial charge in [-0.25, -0.2) is 4.39 Å². The molecule has 0 bridgehead atoms. The summed E-state index contributed by atoms with van der Waals surface area (Å²) in [6.07, 6.45) is -0.115. The molecule has 0 aliphatic heterocycles. The summed E-state index contributed by atoms with van der Waals surface area (Å²) in [6.45, 7) is 1.96. The van der Waals surface area contributed by atoms with Crippen LogP contribution >= 0.6 is 11.6 Å². The van der Waals surface area contributed by atoms with Crippen LogP contribution in [-0.2, 0) is 16.0 Å². The molecule has 0 amide bonds. The Bertz CT molecular complexity index is 382. The second-order valence-corrected chi connectivity index (χ2v) is 3.29. The zero-order chi connectivity index (χ0) is 11.4. The lowest BCUT2D eigenvalue weighted by Gasteiger charge is -2.08. The van der Waals surface area contributed by atoms with Gasteiger partial charge in [0.1, 0.15) is 5.82 Å². The van der Waals surface area contributed by atoms with Gasteiger partial charge in [-0.15, -0.1) is 0 Å². The first kappa shape index (κ1) is 11.8. The second kappa shape index (κ2) is 4.98. The summed E-state index contributed by atoms with van der Waals surface area (Å²) in [7, 11) is 0. The van der Waals surface area contributed by atoms with E-state index in [0.29, 0.717) is 0 Å². The van der Waals surface area contributed by atoms with E-state index < -0.39 is 11.8 Å². The number of carbonyl (C=O) groups excluding carboxylic acids is 1. The van der Waals surface area contributed by atoms with Gasteiger partial charge in [-0.1, -0.05) is 11.6 Å². The van der Waals surface area contributed by atoms with E-state index in [1.807, 2.05) is 0 Å². The Morgan fingerprint density at radius 2 is 2.27 bits per heavy atom. The molecule has 0 saturated carbocycles. The first-order valence-corrected chi connectivity index (χ1v) is 4.82. The van der Waals surface area contributed by atoms with E-state index in [-0.39, 0.29) is 29.3 Å². The van der Waals surface area contributed by atoms with Gasteiger partial charge in [0.15, 0.2) is 0 Å². The van der Waals surface area contributed by atoms with Gasteiger partial charge in [-0.05, 0) is 19.1 Å². The first-order chi connectivity index (χ1) is 7.06. The third-order valence-corrected chi connectivity index (χ3v) is 2.27. The predicted octanol–water partition coefficient (Wildman–Crippen LogP) is 2.17. The second-order valence-electron chi connectivity index (χ2n) is 2.91. The van der Waals surface area contributed by atoms with Crippen molar-refractivity contribution in [1.29, 1.82) is 0 Å². The van der Waals surface area contributed by atoms with E-state index in [1.54, 1.807) is 6.92 Å². The molecule has 0 radical (unpaired) electrons. The van der Waals surface area contributed by atoms with Gasteiger partial charge in [0.05, 0.1) is 18.1 Å². The summed E-state index contributed by atoms with van der Waals surface area (Å²) in [6, 6.07) is 2.53. The molecule has 1 aromatic carbocycles. The minimum Gasteiger partial charge on any atom is -0.466 e. The van der Waals surface area contributed by atoms with E-state index in [9.17, 15) is 9.18 Å². The van der Waals surface area contributed by atoms with Crippen LogP contribution in [0.2, 0.25) is 5.02 Å². The topological polar surface area (TPSA) is 52.3 Å². The van der Waals surface area contributed by atoms with E-state index >= 15 is 0 Å². The van der Waals surface area contributed by atoms with Crippen LogP contribution in [0, 0.1) is 5.82 Å². The molecule has 5 heteroatoms. The Balaban J connectivity index is 2.93. The minimum atomic E-state index is -0.592. The third-order valence-electron chi connectivity index (χ3n) is 1.86. The van der Waals surface area contributed by atoms with E-state index in [0.717, 1.165) is 6.07 Å². The number of nitrogens with two attached hydrogens (primary N) is 1. The number of hydrogen-bond donors (Lipinski definition) is 1. The minimum absolute atomic E-state index is 0.115. The summed E-state index contributed by atoms with van der Waals surface area (Å²) in [5, 5.41) is -0.122. The maximum atomic E-state index is 13.1. The number of halogens is 2. The summed E-state index contributed by atoms with van der Waals surface area (Å²) in [5.41, 5.74) is 6.14. The van der Waals surface area contributed by atoms with Crippen molar-refractivity contribution in [1.82, 2.24) is 0 Å². The highest BCUT2D eigenvalue weighted by Gasteiger charge is 2.14. The fourth-order valence-electron chi connectivity index (χ4n) is 1.14. The molecule has 3 nitrogen and oxygen atoms in total. The summed E-state index contributed by atoms with van der Waals surface area (Å²) >= 11 is 5.68. The lowest BCUT2D eigenvalue weighted by Crippen LogP contribution is -2.10. The molecule has 0 unspecified atom stereocenters. The third kappa shape index (κ3) is 2.83. The number of ether oxygens (including phenoxy) is 1. The molecule has 1 rings (SSSR count). The molecule has 0 aliphatic rings. The molecule has 0 aliphatic carbocycles. The van der Waals surface area contributed by atoms with E-state index in [2.05, 4.69) is 0 Å². The van der Waals surface area contributed by atoms with Gasteiger partial charge in [-0.2, -0.15) is 0 Å². The quantitative estimate of drug-likeness (QED) is 0.641. The van der Waals surface area contributed by atoms with Crippen molar-refractivity contribution < 1.29 is 13.9 Å². The average molecular weight is 232 g/mol. The number of anilines is 1. The standard InChI is InChI=1S/C10H11ClFNO2/c1-2-15-9(14)5-6-8(13)4-3-7(12)10(6)11/h3-4H,2,5,13H2,1H3. The largest absolute Gasteiger partial charge is 0.466 e. The fraction of sp³-hybridized carbons (Fsp3) is 0.300. The van der Waals surface area contributed by atoms with Crippen LogP contribution in [0.25, 0.3) is 0 Å². The maximum absolute atomic E-state index is 13.1. The van der Waals surface area contributed by atoms with Gasteiger partial charge in [0, 0.05) is 11.3 Å². The normalized spacial score (nSPS) is 10.1. The number of rotatable bonds is 3. The van der Waals surface area contributed by atoms with Crippen molar-refractivity contribution in [2.45, 2.75) is 13.3 Å². The Labute approximate surface area is 92.0 Å². The Morgan fingerprint density at radius 1 is 1.60 bits per heavy atom. The Kier molecular flexibility index (Phi) is 3.91. The van der Waals surface area contributed by atoms with Crippen LogP contribution in [0.15, 0.2) is 12.1 Å². The molecular weight excluding hydrogens is 221 g/mol. The number of benzene rings is 1. The Morgan fingerprint density at radius 3 is 2.87 bits per heavy atom. The van der Waals surface area contributed by atoms with Gasteiger partial charge >= 0.3 is 5.97 Å². The van der Waals surface area contributed by atoms with Gasteiger partial charge < -0.3 is 10.5 Å². The van der Waals surface area contributed by atoms with E-state index in [4.69, 9.17) is 22.1 Å². The molecule has 2 N–H and O–H groups in total. The molecule has 0 atom stereocenters. The molecule has 1 aromatic rings. The lowest BCUT2D eigenvalue weighted by molar-refractivity contribution is -0.142. The molecule has 0 aromatic heterocycles. The Hall–Kier alpha value is -1.29. The number of esters is 1. The van der Waals surface area contributed by atoms with Crippen molar-refractivity contribution in [3.05, 3.63) is 28.5 Å². The number of nitrogen functional groups attached to an aromatic ring is 1. The summed E-state index contributed by atoms with van der Waals surface area (Å²) in [4.78, 5) is 11.2. The van der Waals surface area contributed by atoms with Crippen molar-refractivity contribution in [2.75, 3.05) is 12.3 Å². The zero-order valence-electron chi connectivity index (χ0n) is 8.22. The molecule has 82 valence electrons. The van der Waals surface area contributed by atoms with E-state index in [1.165, 1.54) is 6.07 Å². The van der Waals surface area contributed by atoms with Crippen molar-refractivity contribution in [3.8, 4) is 0 Å². The monoisotopic (exact) mass is 231 g/mol. The van der Waals surface area contributed by atoms with Gasteiger partial charge in [0.25, 0.3) is 0 Å². The first-order valence-electron chi connectivity index (χ1n) is 4.44. The van der Waals surface area contributed by atoms with Crippen LogP contribution in [0.5, 0.6) is 0 Å². The highest BCUT2D eigenvalue weighted by Crippen LogP contribution is 2.25. The maximum Gasteiger partial charge on any atom is 0.310 e. The lowest BCUT2D eigenvalue weighted by atomic mass is 10.1. The van der Waals surface area contributed by atoms with Crippen molar-refractivity contribution in [2.24, 2.45) is 0 Å². The van der Waals surface area contributed by atoms with Crippen LogP contribution in [-0.4, -0.2) is 12.6 Å². The zero-order valence-corrected chi connectivity index (χ0v) is 8.97. The fourth-order valence-corrected chi connectivity index (χ4v) is 1.38. The molecule has 0 spiro atoms. The highest BCUT2D eigenvalue weighted by atomic mass is 35.5. The van der Waals surface area contributed by atoms with Crippen molar-refractivity contribution in [3.63, 3.8) is 0 Å². The number of hydrogen-bond acceptors (Lipinski definition) is 3. The summed E-state index contributed by atoms with van der Waals surface area (Å²) < 4.78 is 17.8. The van der Waals surface area contributed by atoms with Crippen LogP contribution in [0.4, 0.5) is 10.1 Å². The predicted molar refractivity (Wildman–Crippen MR) is 56.2 cm³/mol. The molecule has 0 fully saturated rings. The van der Waals surface area contributed by atoms with Crippen molar-refractivity contribution >= 4 is 23.3 Å². The van der Waals surface area contributed by atoms with Crippen LogP contribution in [0.1, 0.15) is 12.5 Å². The number of carbonyl (C=O) groups is 1. The SMILES string of the molecule is CCOC(=O)Cc1c(N)ccc(F)c1Cl. The van der Waals surface area contributed by atoms with Gasteiger partial charge in [0.2, 0.25) is 0 Å². The molecule has 0 saturated heterocycles. The van der Waals surface area contributed by atoms with Crippen LogP contribution < -0.4 is 5.73 Å². The highest BCUT2D eigenvalue weighted by molar-refractivity contribution is 6.32. The molecular formula is C10H11ClFNO2. The van der Waals surface area contributed by atoms with Gasteiger partial charge in [-0.3, -0.25) is 4.79 Å². The molecule has 15 heavy (non-hydrogen) atoms.